The summed E-state index contributed by atoms with van der Waals surface area (Å²) >= 11 is 2.22. The molecular formula is C29H26ClFeN3Pd+2. The Morgan fingerprint density at radius 2 is 1.29 bits per heavy atom. The van der Waals surface area contributed by atoms with Crippen molar-refractivity contribution in [2.75, 3.05) is 0 Å². The third-order valence-corrected chi connectivity index (χ3v) is 4.47. The monoisotopic (exact) mass is 613 g/mol. The van der Waals surface area contributed by atoms with Crippen molar-refractivity contribution in [1.29, 1.82) is 0 Å². The molecule has 180 valence electrons. The zero-order chi connectivity index (χ0) is 24.4. The first-order valence-electron chi connectivity index (χ1n) is 10.6. The van der Waals surface area contributed by atoms with Crippen LogP contribution in [0.4, 0.5) is 5.69 Å². The van der Waals surface area contributed by atoms with Crippen LogP contribution in [0.5, 0.6) is 0 Å². The molecule has 0 N–H and O–H groups in total. The Kier molecular flexibility index (Phi) is 17.9. The first-order valence-corrected chi connectivity index (χ1v) is 12.6. The fourth-order valence-electron chi connectivity index (χ4n) is 2.78. The van der Waals surface area contributed by atoms with Gasteiger partial charge < -0.3 is 6.42 Å². The number of rotatable bonds is 3. The van der Waals surface area contributed by atoms with Crippen molar-refractivity contribution >= 4 is 20.9 Å². The maximum Gasteiger partial charge on any atom is 2.00 e. The van der Waals surface area contributed by atoms with Gasteiger partial charge in [0.05, 0.1) is 17.1 Å². The summed E-state index contributed by atoms with van der Waals surface area (Å²) in [4.78, 5) is 12.9. The summed E-state index contributed by atoms with van der Waals surface area (Å²) in [6.45, 7) is 4.08. The molecule has 6 heteroatoms. The molecule has 2 saturated carbocycles. The molecule has 0 unspecified atom stereocenters. The van der Waals surface area contributed by atoms with Crippen LogP contribution in [-0.4, -0.2) is 15.7 Å². The zero-order valence-electron chi connectivity index (χ0n) is 19.4. The predicted molar refractivity (Wildman–Crippen MR) is 138 cm³/mol. The fraction of sp³-hybridized carbons (Fsp3) is 0.0690. The smallest absolute Gasteiger partial charge is 0.255 e. The van der Waals surface area contributed by atoms with Gasteiger partial charge in [0.2, 0.25) is 0 Å². The van der Waals surface area contributed by atoms with Crippen molar-refractivity contribution in [2.45, 2.75) is 13.8 Å². The van der Waals surface area contributed by atoms with Crippen molar-refractivity contribution in [1.82, 2.24) is 9.97 Å². The molecule has 3 aromatic rings. The fourth-order valence-corrected chi connectivity index (χ4v) is 2.78. The van der Waals surface area contributed by atoms with E-state index in [9.17, 15) is 0 Å². The van der Waals surface area contributed by atoms with Crippen molar-refractivity contribution in [3.8, 4) is 11.4 Å². The van der Waals surface area contributed by atoms with Crippen LogP contribution in [0.15, 0.2) is 78.0 Å². The van der Waals surface area contributed by atoms with Crippen LogP contribution >= 0.6 is 9.53 Å². The summed E-state index contributed by atoms with van der Waals surface area (Å²) in [7, 11) is 4.49. The second-order valence-electron chi connectivity index (χ2n) is 7.01. The van der Waals surface area contributed by atoms with Crippen LogP contribution in [0.2, 0.25) is 0 Å². The molecule has 2 fully saturated rings. The number of aliphatic imine (C=N–C) groups is 1. The molecule has 35 heavy (non-hydrogen) atoms. The zero-order valence-corrected chi connectivity index (χ0v) is 22.9. The quantitative estimate of drug-likeness (QED) is 0.178. The molecular weight excluding hydrogens is 588 g/mol. The Morgan fingerprint density at radius 1 is 0.771 bits per heavy atom. The molecule has 2 aliphatic carbocycles. The Bertz CT molecular complexity index is 882. The van der Waals surface area contributed by atoms with Gasteiger partial charge in [-0.2, -0.15) is 5.92 Å². The maximum atomic E-state index is 4.53. The third kappa shape index (κ3) is 13.0. The van der Waals surface area contributed by atoms with Crippen molar-refractivity contribution in [2.24, 2.45) is 4.99 Å². The first kappa shape index (κ1) is 31.7. The molecule has 10 radical (unpaired) electrons. The molecule has 3 nitrogen and oxygen atoms in total. The van der Waals surface area contributed by atoms with Gasteiger partial charge in [0.15, 0.2) is 0 Å². The molecule has 0 spiro atoms. The minimum atomic E-state index is 0. The summed E-state index contributed by atoms with van der Waals surface area (Å²) in [5, 5.41) is 0. The van der Waals surface area contributed by atoms with Gasteiger partial charge in [0.25, 0.3) is 0 Å². The molecule has 0 saturated heterocycles. The molecule has 5 rings (SSSR count). The van der Waals surface area contributed by atoms with Crippen molar-refractivity contribution < 1.29 is 35.2 Å². The van der Waals surface area contributed by atoms with E-state index in [4.69, 9.17) is 0 Å². The van der Waals surface area contributed by atoms with Crippen LogP contribution in [0.25, 0.3) is 11.4 Å². The Balaban J connectivity index is 0.000000273. The molecule has 0 bridgehead atoms. The van der Waals surface area contributed by atoms with Gasteiger partial charge in [-0.25, -0.2) is 6.42 Å². The van der Waals surface area contributed by atoms with E-state index in [1.54, 1.807) is 12.4 Å². The summed E-state index contributed by atoms with van der Waals surface area (Å²) in [6.07, 6.45) is 22.6. The number of benzene rings is 1. The Hall–Kier alpha value is -1.34. The van der Waals surface area contributed by atoms with Crippen LogP contribution in [0.3, 0.4) is 0 Å². The summed E-state index contributed by atoms with van der Waals surface area (Å²) in [5.41, 5.74) is 5.08. The van der Waals surface area contributed by atoms with Gasteiger partial charge in [-0.1, -0.05) is 42.7 Å². The van der Waals surface area contributed by atoms with Crippen molar-refractivity contribution in [3.63, 3.8) is 0 Å². The van der Waals surface area contributed by atoms with E-state index in [1.807, 2.05) is 107 Å². The summed E-state index contributed by atoms with van der Waals surface area (Å²) < 4.78 is 0. The maximum absolute atomic E-state index is 4.53. The number of halogens is 1. The van der Waals surface area contributed by atoms with E-state index in [2.05, 4.69) is 68.1 Å². The number of hydrogen-bond acceptors (Lipinski definition) is 3. The normalized spacial score (nSPS) is 14.8. The minimum Gasteiger partial charge on any atom is -0.255 e. The van der Waals surface area contributed by atoms with Crippen molar-refractivity contribution in [3.05, 3.63) is 142 Å². The number of aryl methyl sites for hydroxylation is 1. The largest absolute Gasteiger partial charge is 2.00 e. The van der Waals surface area contributed by atoms with Gasteiger partial charge in [0.1, 0.15) is 0 Å². The van der Waals surface area contributed by atoms with Crippen LogP contribution < -0.4 is 0 Å². The molecule has 0 atom stereocenters. The summed E-state index contributed by atoms with van der Waals surface area (Å²) in [5.74, 6) is 1.07. The number of aromatic nitrogens is 2. The van der Waals surface area contributed by atoms with E-state index < -0.39 is 0 Å². The average Bonchev–Trinajstić information content (AvgIpc) is 3.66. The third-order valence-electron chi connectivity index (χ3n) is 4.47. The molecule has 2 heterocycles. The Morgan fingerprint density at radius 3 is 1.69 bits per heavy atom. The first-order chi connectivity index (χ1) is 16.7. The van der Waals surface area contributed by atoms with E-state index in [0.717, 1.165) is 28.7 Å². The van der Waals surface area contributed by atoms with Gasteiger partial charge in [-0.3, -0.25) is 15.0 Å². The van der Waals surface area contributed by atoms with Crippen LogP contribution in [0, 0.1) is 70.6 Å². The van der Waals surface area contributed by atoms with Crippen LogP contribution in [-0.2, 0) is 35.2 Å². The number of hydrogen-bond donors (Lipinski definition) is 0. The van der Waals surface area contributed by atoms with Gasteiger partial charge in [0, 0.05) is 12.4 Å². The van der Waals surface area contributed by atoms with Crippen LogP contribution in [0.1, 0.15) is 12.5 Å². The minimum absolute atomic E-state index is 0. The second-order valence-corrected chi connectivity index (χ2v) is 7.01. The van der Waals surface area contributed by atoms with E-state index in [1.165, 1.54) is 5.56 Å². The van der Waals surface area contributed by atoms with E-state index in [0.29, 0.717) is 0 Å². The van der Waals surface area contributed by atoms with E-state index >= 15 is 0 Å². The summed E-state index contributed by atoms with van der Waals surface area (Å²) in [6, 6.07) is 19.8. The SMILES string of the molecule is CC(=Nc1ccc(C)cc1)[C]1[C-][CH][CH][CH]1.[CH]1[CH][CH][CH][CH]1.[Cl][Pd+].[Fe+2].c1ccc(-c2ccccn2)nc1. The molecule has 0 amide bonds. The van der Waals surface area contributed by atoms with Gasteiger partial charge in [-0.15, -0.1) is 0 Å². The number of pyridine rings is 2. The average molecular weight is 614 g/mol. The molecule has 2 aromatic heterocycles. The standard InChI is InChI=1S/C14H13N.C10H8N2.C5H5.ClH.Fe.Pd/c1-11-7-9-14(10-8-11)15-12(2)13-5-3-4-6-13;1-3-7-11-9(5-1)10-6-2-4-8-12-10;1-2-4-5-3-1;;;/h3-5,7-10H,1-2H3;1-8H;1-5H;1H;;/q-1;;;;2*+2/p-1. The topological polar surface area (TPSA) is 38.1 Å². The molecule has 1 aromatic carbocycles. The molecule has 2 aliphatic rings. The molecule has 0 aliphatic heterocycles. The van der Waals surface area contributed by atoms with Gasteiger partial charge in [-0.05, 0) is 88.1 Å². The Labute approximate surface area is 237 Å². The van der Waals surface area contributed by atoms with Gasteiger partial charge >= 0.3 is 44.8 Å². The second kappa shape index (κ2) is 19.8. The predicted octanol–water partition coefficient (Wildman–Crippen LogP) is 7.22. The number of nitrogens with zero attached hydrogens (tertiary/aromatic N) is 3. The van der Waals surface area contributed by atoms with E-state index in [-0.39, 0.29) is 17.1 Å².